The fourth-order valence-corrected chi connectivity index (χ4v) is 8.75. The summed E-state index contributed by atoms with van der Waals surface area (Å²) >= 11 is 3.02. The maximum Gasteiger partial charge on any atom is 0.195 e. The molecule has 0 atom stereocenters. The summed E-state index contributed by atoms with van der Waals surface area (Å²) in [5.74, 6) is 3.16. The highest BCUT2D eigenvalue weighted by molar-refractivity contribution is 7.23. The van der Waals surface area contributed by atoms with E-state index in [1.165, 1.54) is 11.3 Å². The van der Waals surface area contributed by atoms with E-state index in [9.17, 15) is 19.8 Å². The number of benzene rings is 6. The zero-order valence-electron chi connectivity index (χ0n) is 30.9. The quantitative estimate of drug-likeness (QED) is 0.132. The Kier molecular flexibility index (Phi) is 11.0. The molecular weight excluding hydrogens is 745 g/mol. The van der Waals surface area contributed by atoms with Crippen LogP contribution in [0.25, 0.3) is 41.1 Å². The Hall–Kier alpha value is -6.62. The standard InChI is InChI=1S/C24H20O4S.C22H16O4S/c1-26-17-8-4-15(5-9-17)23(25)22-20-13-12-19(28-3)14-21(20)29-24(22)16-6-10-18(27-2)11-7-16;1-26-17-9-4-13(5-10-17)21(25)20-18-11-8-16(24)12-19(18)27-22(20)14-2-6-15(23)7-3-14/h4-14H,1-3H3;2-12,23-24H,1H3. The molecule has 0 fully saturated rings. The van der Waals surface area contributed by atoms with Crippen molar-refractivity contribution in [3.05, 3.63) is 156 Å². The summed E-state index contributed by atoms with van der Waals surface area (Å²) in [6, 6.07) is 39.5. The molecule has 0 radical (unpaired) electrons. The van der Waals surface area contributed by atoms with Gasteiger partial charge >= 0.3 is 0 Å². The van der Waals surface area contributed by atoms with Gasteiger partial charge in [0.2, 0.25) is 0 Å². The molecule has 0 aliphatic rings. The first kappa shape index (κ1) is 37.7. The molecule has 0 aliphatic heterocycles. The number of ketones is 2. The van der Waals surface area contributed by atoms with Crippen LogP contribution >= 0.6 is 22.7 Å². The monoisotopic (exact) mass is 780 g/mol. The molecular formula is C46H36O8S2. The molecule has 56 heavy (non-hydrogen) atoms. The van der Waals surface area contributed by atoms with E-state index in [0.29, 0.717) is 28.0 Å². The van der Waals surface area contributed by atoms with Crippen molar-refractivity contribution in [1.82, 2.24) is 0 Å². The van der Waals surface area contributed by atoms with Gasteiger partial charge in [0.15, 0.2) is 11.6 Å². The summed E-state index contributed by atoms with van der Waals surface area (Å²) in [5.41, 5.74) is 4.28. The highest BCUT2D eigenvalue weighted by Gasteiger charge is 2.23. The van der Waals surface area contributed by atoms with Gasteiger partial charge in [-0.15, -0.1) is 22.7 Å². The van der Waals surface area contributed by atoms with Gasteiger partial charge in [-0.05, 0) is 145 Å². The second-order valence-electron chi connectivity index (χ2n) is 12.5. The summed E-state index contributed by atoms with van der Waals surface area (Å²) in [5, 5.41) is 21.1. The first-order valence-corrected chi connectivity index (χ1v) is 19.0. The van der Waals surface area contributed by atoms with Crippen LogP contribution in [0.2, 0.25) is 0 Å². The molecule has 0 spiro atoms. The molecule has 0 aliphatic carbocycles. The lowest BCUT2D eigenvalue weighted by atomic mass is 9.97. The lowest BCUT2D eigenvalue weighted by Gasteiger charge is -2.07. The highest BCUT2D eigenvalue weighted by Crippen LogP contribution is 2.43. The van der Waals surface area contributed by atoms with Gasteiger partial charge in [0.05, 0.1) is 28.4 Å². The first-order chi connectivity index (χ1) is 27.2. The first-order valence-electron chi connectivity index (χ1n) is 17.4. The van der Waals surface area contributed by atoms with E-state index in [1.54, 1.807) is 131 Å². The Morgan fingerprint density at radius 1 is 0.429 bits per heavy atom. The summed E-state index contributed by atoms with van der Waals surface area (Å²) in [6.07, 6.45) is 0. The third-order valence-corrected chi connectivity index (χ3v) is 11.6. The van der Waals surface area contributed by atoms with E-state index in [0.717, 1.165) is 58.3 Å². The fraction of sp³-hybridized carbons (Fsp3) is 0.0870. The molecule has 2 heterocycles. The molecule has 0 saturated heterocycles. The largest absolute Gasteiger partial charge is 0.508 e. The number of carbonyl (C=O) groups excluding carboxylic acids is 2. The van der Waals surface area contributed by atoms with Gasteiger partial charge in [-0.25, -0.2) is 0 Å². The Bertz CT molecular complexity index is 2660. The predicted octanol–water partition coefficient (Wildman–Crippen LogP) is 11.0. The Morgan fingerprint density at radius 2 is 0.786 bits per heavy atom. The summed E-state index contributed by atoms with van der Waals surface area (Å²) in [7, 11) is 6.47. The number of fused-ring (bicyclic) bond motifs is 2. The van der Waals surface area contributed by atoms with Crippen LogP contribution in [0.5, 0.6) is 34.5 Å². The summed E-state index contributed by atoms with van der Waals surface area (Å²) in [4.78, 5) is 28.6. The molecule has 2 N–H and O–H groups in total. The topological polar surface area (TPSA) is 112 Å². The summed E-state index contributed by atoms with van der Waals surface area (Å²) in [6.45, 7) is 0. The number of aromatic hydroxyl groups is 2. The van der Waals surface area contributed by atoms with Crippen LogP contribution < -0.4 is 18.9 Å². The van der Waals surface area contributed by atoms with Gasteiger partial charge in [-0.2, -0.15) is 0 Å². The normalized spacial score (nSPS) is 10.8. The number of ether oxygens (including phenoxy) is 4. The van der Waals surface area contributed by atoms with Crippen molar-refractivity contribution in [3.8, 4) is 55.4 Å². The number of hydrogen-bond acceptors (Lipinski definition) is 10. The van der Waals surface area contributed by atoms with Gasteiger partial charge < -0.3 is 29.2 Å². The second kappa shape index (κ2) is 16.4. The Labute approximate surface area is 331 Å². The number of hydrogen-bond donors (Lipinski definition) is 2. The van der Waals surface area contributed by atoms with Crippen molar-refractivity contribution in [3.63, 3.8) is 0 Å². The second-order valence-corrected chi connectivity index (χ2v) is 14.6. The van der Waals surface area contributed by atoms with Crippen LogP contribution in [0, 0.1) is 0 Å². The molecule has 8 nitrogen and oxygen atoms in total. The third kappa shape index (κ3) is 7.66. The summed E-state index contributed by atoms with van der Waals surface area (Å²) < 4.78 is 22.9. The average Bonchev–Trinajstić information content (AvgIpc) is 3.82. The van der Waals surface area contributed by atoms with Gasteiger partial charge in [-0.1, -0.05) is 0 Å². The Balaban J connectivity index is 0.000000172. The third-order valence-electron chi connectivity index (χ3n) is 9.21. The maximum absolute atomic E-state index is 13.5. The molecule has 0 unspecified atom stereocenters. The van der Waals surface area contributed by atoms with Crippen molar-refractivity contribution in [2.24, 2.45) is 0 Å². The molecule has 10 heteroatoms. The number of phenolic OH excluding ortho intramolecular Hbond substituents is 2. The van der Waals surface area contributed by atoms with Gasteiger partial charge in [0.1, 0.15) is 34.5 Å². The van der Waals surface area contributed by atoms with Gasteiger partial charge in [0, 0.05) is 52.2 Å². The molecule has 2 aromatic heterocycles. The molecule has 0 amide bonds. The SMILES string of the molecule is COc1ccc(C(=O)c2c(-c3ccc(O)cc3)sc3cc(O)ccc23)cc1.COc1ccc(C(=O)c2c(-c3ccc(OC)cc3)sc3cc(OC)ccc23)cc1. The van der Waals surface area contributed by atoms with Crippen LogP contribution in [-0.4, -0.2) is 50.2 Å². The van der Waals surface area contributed by atoms with E-state index in [4.69, 9.17) is 18.9 Å². The van der Waals surface area contributed by atoms with Crippen LogP contribution in [0.3, 0.4) is 0 Å². The molecule has 6 aromatic carbocycles. The number of methoxy groups -OCH3 is 4. The van der Waals surface area contributed by atoms with Crippen LogP contribution in [0.4, 0.5) is 0 Å². The highest BCUT2D eigenvalue weighted by atomic mass is 32.1. The lowest BCUT2D eigenvalue weighted by molar-refractivity contribution is 0.103. The molecule has 280 valence electrons. The van der Waals surface area contributed by atoms with Crippen LogP contribution in [0.15, 0.2) is 133 Å². The van der Waals surface area contributed by atoms with Crippen molar-refractivity contribution < 1.29 is 38.7 Å². The zero-order valence-corrected chi connectivity index (χ0v) is 32.5. The lowest BCUT2D eigenvalue weighted by Crippen LogP contribution is -2.02. The Morgan fingerprint density at radius 3 is 1.23 bits per heavy atom. The van der Waals surface area contributed by atoms with Crippen molar-refractivity contribution in [2.75, 3.05) is 28.4 Å². The minimum Gasteiger partial charge on any atom is -0.508 e. The predicted molar refractivity (Wildman–Crippen MR) is 224 cm³/mol. The minimum absolute atomic E-state index is 0.0186. The van der Waals surface area contributed by atoms with E-state index < -0.39 is 0 Å². The molecule has 0 saturated carbocycles. The van der Waals surface area contributed by atoms with Crippen LogP contribution in [-0.2, 0) is 0 Å². The van der Waals surface area contributed by atoms with Gasteiger partial charge in [0.25, 0.3) is 0 Å². The number of carbonyl (C=O) groups is 2. The smallest absolute Gasteiger partial charge is 0.195 e. The van der Waals surface area contributed by atoms with E-state index >= 15 is 0 Å². The van der Waals surface area contributed by atoms with Crippen LogP contribution in [0.1, 0.15) is 31.8 Å². The van der Waals surface area contributed by atoms with E-state index in [-0.39, 0.29) is 23.1 Å². The molecule has 8 rings (SSSR count). The average molecular weight is 781 g/mol. The minimum atomic E-state index is -0.0994. The fourth-order valence-electron chi connectivity index (χ4n) is 6.28. The van der Waals surface area contributed by atoms with E-state index in [1.807, 2.05) is 42.5 Å². The maximum atomic E-state index is 13.5. The molecule has 8 aromatic rings. The number of phenols is 2. The number of thiophene rings is 2. The number of rotatable bonds is 10. The van der Waals surface area contributed by atoms with Crippen molar-refractivity contribution in [2.45, 2.75) is 0 Å². The molecule has 0 bridgehead atoms. The van der Waals surface area contributed by atoms with Crippen molar-refractivity contribution >= 4 is 54.4 Å². The van der Waals surface area contributed by atoms with Gasteiger partial charge in [-0.3, -0.25) is 9.59 Å². The van der Waals surface area contributed by atoms with Crippen molar-refractivity contribution in [1.29, 1.82) is 0 Å². The zero-order chi connectivity index (χ0) is 39.3. The van der Waals surface area contributed by atoms with E-state index in [2.05, 4.69) is 0 Å².